The molecule has 1 aromatic carbocycles. The molecule has 2 nitrogen and oxygen atoms in total. The zero-order valence-electron chi connectivity index (χ0n) is 17.1. The van der Waals surface area contributed by atoms with Crippen LogP contribution in [0, 0.1) is 17.3 Å². The number of hydrogen-bond donors (Lipinski definition) is 2. The standard InChI is InChI=1S/C25H36O2/c1-3-4-5-6-7-8-17-15-22-20(19-10-9-18(26)16-21(17)19)13-14-25(2)23(22)11-12-24(25)27/h9-10,15-16,20,22-24,26-27H,3-8,11-14H2,1-2H3/t20-,22-,23+,24+,25+/m1/s1. The van der Waals surface area contributed by atoms with Gasteiger partial charge in [-0.2, -0.15) is 0 Å². The van der Waals surface area contributed by atoms with Crippen molar-refractivity contribution in [1.82, 2.24) is 0 Å². The van der Waals surface area contributed by atoms with Crippen LogP contribution in [0.1, 0.15) is 95.1 Å². The van der Waals surface area contributed by atoms with Gasteiger partial charge in [-0.25, -0.2) is 0 Å². The lowest BCUT2D eigenvalue weighted by atomic mass is 9.56. The van der Waals surface area contributed by atoms with E-state index in [1.807, 2.05) is 12.1 Å². The largest absolute Gasteiger partial charge is 0.508 e. The highest BCUT2D eigenvalue weighted by atomic mass is 16.3. The zero-order chi connectivity index (χ0) is 19.0. The van der Waals surface area contributed by atoms with Crippen molar-refractivity contribution < 1.29 is 10.2 Å². The van der Waals surface area contributed by atoms with Crippen LogP contribution in [0.25, 0.3) is 5.57 Å². The second-order valence-corrected chi connectivity index (χ2v) is 9.56. The van der Waals surface area contributed by atoms with E-state index >= 15 is 0 Å². The zero-order valence-corrected chi connectivity index (χ0v) is 17.1. The smallest absolute Gasteiger partial charge is 0.116 e. The Kier molecular flexibility index (Phi) is 5.38. The normalized spacial score (nSPS) is 34.6. The lowest BCUT2D eigenvalue weighted by Gasteiger charge is -2.49. The SMILES string of the molecule is CCCCCCCC1=C[C@@H]2[C@H](CC[C@]3(C)[C@@H](O)CC[C@@H]23)c2ccc(O)cc21. The van der Waals surface area contributed by atoms with Gasteiger partial charge in [0.2, 0.25) is 0 Å². The molecule has 5 atom stereocenters. The maximum absolute atomic E-state index is 10.6. The molecule has 148 valence electrons. The molecule has 0 amide bonds. The molecule has 0 aromatic heterocycles. The number of rotatable bonds is 6. The fourth-order valence-corrected chi connectivity index (χ4v) is 6.37. The molecule has 0 saturated heterocycles. The minimum absolute atomic E-state index is 0.0956. The number of unbranched alkanes of at least 4 members (excludes halogenated alkanes) is 4. The van der Waals surface area contributed by atoms with E-state index in [2.05, 4.69) is 26.0 Å². The summed E-state index contributed by atoms with van der Waals surface area (Å²) >= 11 is 0. The van der Waals surface area contributed by atoms with Crippen LogP contribution in [-0.4, -0.2) is 16.3 Å². The van der Waals surface area contributed by atoms with Gasteiger partial charge in [-0.05, 0) is 90.5 Å². The van der Waals surface area contributed by atoms with E-state index in [9.17, 15) is 10.2 Å². The van der Waals surface area contributed by atoms with Crippen molar-refractivity contribution >= 4 is 5.57 Å². The molecule has 2 heteroatoms. The Labute approximate surface area is 164 Å². The monoisotopic (exact) mass is 368 g/mol. The molecule has 0 heterocycles. The third-order valence-electron chi connectivity index (χ3n) is 8.01. The Morgan fingerprint density at radius 2 is 1.89 bits per heavy atom. The first-order valence-corrected chi connectivity index (χ1v) is 11.3. The third kappa shape index (κ3) is 3.35. The summed E-state index contributed by atoms with van der Waals surface area (Å²) in [6.45, 7) is 4.59. The van der Waals surface area contributed by atoms with E-state index in [-0.39, 0.29) is 11.5 Å². The van der Waals surface area contributed by atoms with Crippen molar-refractivity contribution in [2.24, 2.45) is 17.3 Å². The number of hydrogen-bond acceptors (Lipinski definition) is 2. The van der Waals surface area contributed by atoms with Crippen LogP contribution < -0.4 is 0 Å². The van der Waals surface area contributed by atoms with Gasteiger partial charge in [0, 0.05) is 0 Å². The van der Waals surface area contributed by atoms with E-state index in [0.717, 1.165) is 32.1 Å². The average molecular weight is 369 g/mol. The molecule has 4 rings (SSSR count). The number of aliphatic hydroxyl groups excluding tert-OH is 1. The molecule has 0 unspecified atom stereocenters. The summed E-state index contributed by atoms with van der Waals surface area (Å²) in [5.41, 5.74) is 4.30. The predicted molar refractivity (Wildman–Crippen MR) is 112 cm³/mol. The van der Waals surface area contributed by atoms with Crippen LogP contribution in [0.15, 0.2) is 24.3 Å². The fraction of sp³-hybridized carbons (Fsp3) is 0.680. The van der Waals surface area contributed by atoms with Gasteiger partial charge in [-0.15, -0.1) is 0 Å². The van der Waals surface area contributed by atoms with E-state index in [1.165, 1.54) is 48.8 Å². The maximum atomic E-state index is 10.6. The molecule has 3 aliphatic carbocycles. The number of aromatic hydroxyl groups is 1. The summed E-state index contributed by atoms with van der Waals surface area (Å²) in [6, 6.07) is 6.05. The molecule has 1 aromatic rings. The second kappa shape index (κ2) is 7.62. The van der Waals surface area contributed by atoms with Gasteiger partial charge in [0.15, 0.2) is 0 Å². The van der Waals surface area contributed by atoms with Crippen molar-refractivity contribution in [2.45, 2.75) is 90.1 Å². The number of allylic oxidation sites excluding steroid dienone is 2. The Hall–Kier alpha value is -1.28. The second-order valence-electron chi connectivity index (χ2n) is 9.56. The predicted octanol–water partition coefficient (Wildman–Crippen LogP) is 6.42. The molecular weight excluding hydrogens is 332 g/mol. The number of benzene rings is 1. The lowest BCUT2D eigenvalue weighted by molar-refractivity contribution is -0.00812. The molecule has 27 heavy (non-hydrogen) atoms. The van der Waals surface area contributed by atoms with Crippen molar-refractivity contribution in [3.63, 3.8) is 0 Å². The van der Waals surface area contributed by atoms with Crippen molar-refractivity contribution in [3.05, 3.63) is 35.4 Å². The van der Waals surface area contributed by atoms with Gasteiger partial charge in [0.25, 0.3) is 0 Å². The van der Waals surface area contributed by atoms with E-state index in [4.69, 9.17) is 0 Å². The van der Waals surface area contributed by atoms with Crippen LogP contribution in [-0.2, 0) is 0 Å². The highest BCUT2D eigenvalue weighted by molar-refractivity contribution is 5.73. The van der Waals surface area contributed by atoms with Crippen molar-refractivity contribution in [2.75, 3.05) is 0 Å². The molecule has 0 aliphatic heterocycles. The van der Waals surface area contributed by atoms with Crippen LogP contribution in [0.3, 0.4) is 0 Å². The van der Waals surface area contributed by atoms with Gasteiger partial charge in [-0.1, -0.05) is 51.7 Å². The fourth-order valence-electron chi connectivity index (χ4n) is 6.37. The summed E-state index contributed by atoms with van der Waals surface area (Å²) in [5.74, 6) is 2.11. The molecule has 0 spiro atoms. The summed E-state index contributed by atoms with van der Waals surface area (Å²) in [7, 11) is 0. The molecule has 2 fully saturated rings. The lowest BCUT2D eigenvalue weighted by Crippen LogP contribution is -2.42. The summed E-state index contributed by atoms with van der Waals surface area (Å²) in [6.07, 6.45) is 14.4. The molecule has 2 N–H and O–H groups in total. The first kappa shape index (κ1) is 19.1. The third-order valence-corrected chi connectivity index (χ3v) is 8.01. The molecule has 2 saturated carbocycles. The Balaban J connectivity index is 1.62. The van der Waals surface area contributed by atoms with Gasteiger partial charge >= 0.3 is 0 Å². The number of aliphatic hydroxyl groups is 1. The highest BCUT2D eigenvalue weighted by Gasteiger charge is 2.54. The number of fused-ring (bicyclic) bond motifs is 5. The molecular formula is C25H36O2. The topological polar surface area (TPSA) is 40.5 Å². The van der Waals surface area contributed by atoms with Gasteiger partial charge in [0.05, 0.1) is 6.10 Å². The van der Waals surface area contributed by atoms with Gasteiger partial charge in [-0.3, -0.25) is 0 Å². The van der Waals surface area contributed by atoms with Crippen LogP contribution in [0.5, 0.6) is 5.75 Å². The minimum Gasteiger partial charge on any atom is -0.508 e. The first-order chi connectivity index (χ1) is 13.0. The number of phenols is 1. The Morgan fingerprint density at radius 3 is 2.70 bits per heavy atom. The van der Waals surface area contributed by atoms with Gasteiger partial charge in [0.1, 0.15) is 5.75 Å². The quantitative estimate of drug-likeness (QED) is 0.569. The average Bonchev–Trinajstić information content (AvgIpc) is 2.96. The summed E-state index contributed by atoms with van der Waals surface area (Å²) < 4.78 is 0. The highest BCUT2D eigenvalue weighted by Crippen LogP contribution is 2.61. The maximum Gasteiger partial charge on any atom is 0.116 e. The van der Waals surface area contributed by atoms with Crippen molar-refractivity contribution in [3.8, 4) is 5.75 Å². The van der Waals surface area contributed by atoms with Crippen molar-refractivity contribution in [1.29, 1.82) is 0 Å². The van der Waals surface area contributed by atoms with E-state index < -0.39 is 0 Å². The Bertz CT molecular complexity index is 706. The van der Waals surface area contributed by atoms with E-state index in [1.54, 1.807) is 0 Å². The molecule has 0 radical (unpaired) electrons. The number of phenolic OH excluding ortho intramolecular Hbond substituents is 1. The Morgan fingerprint density at radius 1 is 1.07 bits per heavy atom. The van der Waals surface area contributed by atoms with Gasteiger partial charge < -0.3 is 10.2 Å². The van der Waals surface area contributed by atoms with Crippen LogP contribution in [0.4, 0.5) is 0 Å². The summed E-state index contributed by atoms with van der Waals surface area (Å²) in [5, 5.41) is 20.8. The summed E-state index contributed by atoms with van der Waals surface area (Å²) in [4.78, 5) is 0. The van der Waals surface area contributed by atoms with Crippen LogP contribution in [0.2, 0.25) is 0 Å². The first-order valence-electron chi connectivity index (χ1n) is 11.3. The van der Waals surface area contributed by atoms with Crippen LogP contribution >= 0.6 is 0 Å². The molecule has 0 bridgehead atoms. The molecule has 3 aliphatic rings. The van der Waals surface area contributed by atoms with E-state index in [0.29, 0.717) is 23.5 Å². The minimum atomic E-state index is -0.129.